The number of likely N-dealkylation sites (tertiary alicyclic amines) is 1. The van der Waals surface area contributed by atoms with E-state index in [-0.39, 0.29) is 10.7 Å². The molecule has 1 aliphatic carbocycles. The lowest BCUT2D eigenvalue weighted by atomic mass is 9.72. The van der Waals surface area contributed by atoms with Crippen molar-refractivity contribution in [2.24, 2.45) is 13.0 Å². The second-order valence-corrected chi connectivity index (χ2v) is 13.4. The highest BCUT2D eigenvalue weighted by atomic mass is 32.2. The van der Waals surface area contributed by atoms with Crippen molar-refractivity contribution in [3.63, 3.8) is 0 Å². The zero-order valence-corrected chi connectivity index (χ0v) is 22.6. The van der Waals surface area contributed by atoms with Crippen LogP contribution in [0.4, 0.5) is 4.39 Å². The smallest absolute Gasteiger partial charge is 0.175 e. The summed E-state index contributed by atoms with van der Waals surface area (Å²) in [4.78, 5) is 7.90. The summed E-state index contributed by atoms with van der Waals surface area (Å²) in [6, 6.07) is 11.8. The van der Waals surface area contributed by atoms with Gasteiger partial charge in [-0.15, -0.1) is 0 Å². The van der Waals surface area contributed by atoms with Gasteiger partial charge in [0, 0.05) is 31.0 Å². The van der Waals surface area contributed by atoms with E-state index in [1.165, 1.54) is 38.4 Å². The number of sulfone groups is 1. The van der Waals surface area contributed by atoms with E-state index in [0.717, 1.165) is 49.5 Å². The van der Waals surface area contributed by atoms with Crippen LogP contribution < -0.4 is 5.32 Å². The van der Waals surface area contributed by atoms with Crippen molar-refractivity contribution in [3.05, 3.63) is 47.8 Å². The van der Waals surface area contributed by atoms with Crippen LogP contribution in [-0.4, -0.2) is 60.8 Å². The molecule has 1 saturated carbocycles. The Labute approximate surface area is 219 Å². The van der Waals surface area contributed by atoms with Crippen LogP contribution in [0.1, 0.15) is 56.4 Å². The molecule has 2 aliphatic heterocycles. The van der Waals surface area contributed by atoms with Crippen LogP contribution >= 0.6 is 0 Å². The van der Waals surface area contributed by atoms with Gasteiger partial charge in [0.1, 0.15) is 17.2 Å². The van der Waals surface area contributed by atoms with Crippen LogP contribution in [0.25, 0.3) is 22.4 Å². The zero-order chi connectivity index (χ0) is 25.7. The van der Waals surface area contributed by atoms with Gasteiger partial charge in [-0.25, -0.2) is 17.8 Å². The van der Waals surface area contributed by atoms with Crippen LogP contribution in [0.5, 0.6) is 0 Å². The lowest BCUT2D eigenvalue weighted by molar-refractivity contribution is 0.0114. The molecule has 1 unspecified atom stereocenters. The molecular formula is C29H37FN4O2S. The Morgan fingerprint density at radius 3 is 2.41 bits per heavy atom. The van der Waals surface area contributed by atoms with E-state index in [9.17, 15) is 8.42 Å². The number of benzene rings is 2. The van der Waals surface area contributed by atoms with Gasteiger partial charge in [-0.1, -0.05) is 6.42 Å². The molecule has 2 saturated heterocycles. The molecule has 8 heteroatoms. The van der Waals surface area contributed by atoms with E-state index in [1.807, 2.05) is 7.05 Å². The number of hydrogen-bond donors (Lipinski definition) is 1. The molecule has 2 atom stereocenters. The minimum Gasteiger partial charge on any atom is -0.325 e. The largest absolute Gasteiger partial charge is 0.325 e. The van der Waals surface area contributed by atoms with E-state index >= 15 is 4.39 Å². The number of aryl methyl sites for hydroxylation is 1. The second kappa shape index (κ2) is 9.79. The van der Waals surface area contributed by atoms with Crippen LogP contribution in [0, 0.1) is 11.7 Å². The van der Waals surface area contributed by atoms with E-state index in [4.69, 9.17) is 4.98 Å². The summed E-state index contributed by atoms with van der Waals surface area (Å²) in [7, 11) is -1.45. The van der Waals surface area contributed by atoms with E-state index < -0.39 is 9.84 Å². The third kappa shape index (κ3) is 4.72. The summed E-state index contributed by atoms with van der Waals surface area (Å²) >= 11 is 0. The monoisotopic (exact) mass is 524 g/mol. The molecular weight excluding hydrogens is 487 g/mol. The maximum absolute atomic E-state index is 15.6. The van der Waals surface area contributed by atoms with E-state index in [1.54, 1.807) is 34.9 Å². The summed E-state index contributed by atoms with van der Waals surface area (Å²) in [5, 5.41) is 3.51. The van der Waals surface area contributed by atoms with Crippen molar-refractivity contribution in [2.75, 3.05) is 25.9 Å². The fourth-order valence-corrected chi connectivity index (χ4v) is 7.49. The molecule has 1 aromatic heterocycles. The van der Waals surface area contributed by atoms with Gasteiger partial charge in [0.05, 0.1) is 10.4 Å². The molecule has 37 heavy (non-hydrogen) atoms. The summed E-state index contributed by atoms with van der Waals surface area (Å²) < 4.78 is 41.0. The number of hydrogen-bond acceptors (Lipinski definition) is 5. The van der Waals surface area contributed by atoms with Crippen molar-refractivity contribution in [3.8, 4) is 11.4 Å². The Balaban J connectivity index is 1.29. The number of halogens is 1. The van der Waals surface area contributed by atoms with E-state index in [0.29, 0.717) is 34.9 Å². The predicted octanol–water partition coefficient (Wildman–Crippen LogP) is 4.88. The topological polar surface area (TPSA) is 67.2 Å². The Morgan fingerprint density at radius 2 is 1.76 bits per heavy atom. The molecule has 3 fully saturated rings. The first-order valence-corrected chi connectivity index (χ1v) is 15.6. The minimum absolute atomic E-state index is 0.234. The fraction of sp³-hybridized carbons (Fsp3) is 0.552. The summed E-state index contributed by atoms with van der Waals surface area (Å²) in [6.45, 7) is 3.32. The van der Waals surface area contributed by atoms with Crippen LogP contribution in [0.3, 0.4) is 0 Å². The van der Waals surface area contributed by atoms with Gasteiger partial charge in [0.25, 0.3) is 0 Å². The van der Waals surface area contributed by atoms with Crippen molar-refractivity contribution in [2.45, 2.75) is 67.8 Å². The summed E-state index contributed by atoms with van der Waals surface area (Å²) in [5.74, 6) is 1.53. The standard InChI is InChI=1S/C29H37FN4O2S/c1-33-28-25(30)16-22(17-26(28)32-29(33)20-6-8-24(9-7-20)37(2,35)36)21-12-15-34(23-10-13-31-14-11-23)27(18-21)19-4-3-5-19/h6-9,16-17,19,21,23,27,31H,3-5,10-15,18H2,1-2H3/t21?,27-/m1/s1. The second-order valence-electron chi connectivity index (χ2n) is 11.4. The van der Waals surface area contributed by atoms with Crippen molar-refractivity contribution in [1.29, 1.82) is 0 Å². The van der Waals surface area contributed by atoms with Gasteiger partial charge in [0.2, 0.25) is 0 Å². The Bertz CT molecular complexity index is 1390. The quantitative estimate of drug-likeness (QED) is 0.515. The average molecular weight is 525 g/mol. The number of nitrogens with one attached hydrogen (secondary N) is 1. The molecule has 6 nitrogen and oxygen atoms in total. The van der Waals surface area contributed by atoms with Gasteiger partial charge < -0.3 is 9.88 Å². The zero-order valence-electron chi connectivity index (χ0n) is 21.8. The van der Waals surface area contributed by atoms with Gasteiger partial charge in [-0.05, 0) is 112 Å². The predicted molar refractivity (Wildman–Crippen MR) is 145 cm³/mol. The first kappa shape index (κ1) is 25.0. The molecule has 1 N–H and O–H groups in total. The van der Waals surface area contributed by atoms with Gasteiger partial charge >= 0.3 is 0 Å². The Hall–Kier alpha value is -2.29. The highest BCUT2D eigenvalue weighted by molar-refractivity contribution is 7.90. The molecule has 3 aromatic rings. The van der Waals surface area contributed by atoms with Gasteiger partial charge in [-0.2, -0.15) is 0 Å². The van der Waals surface area contributed by atoms with Crippen LogP contribution in [-0.2, 0) is 16.9 Å². The van der Waals surface area contributed by atoms with Gasteiger partial charge in [0.15, 0.2) is 9.84 Å². The first-order chi connectivity index (χ1) is 17.8. The molecule has 6 rings (SSSR count). The molecule has 3 heterocycles. The number of piperidine rings is 2. The fourth-order valence-electron chi connectivity index (χ4n) is 6.86. The highest BCUT2D eigenvalue weighted by Gasteiger charge is 2.40. The highest BCUT2D eigenvalue weighted by Crippen LogP contribution is 2.43. The molecule has 0 radical (unpaired) electrons. The molecule has 0 bridgehead atoms. The number of fused-ring (bicyclic) bond motifs is 1. The molecule has 2 aromatic carbocycles. The maximum atomic E-state index is 15.6. The Kier molecular flexibility index (Phi) is 6.62. The first-order valence-electron chi connectivity index (χ1n) is 13.7. The Morgan fingerprint density at radius 1 is 1.03 bits per heavy atom. The van der Waals surface area contributed by atoms with Crippen molar-refractivity contribution in [1.82, 2.24) is 19.8 Å². The minimum atomic E-state index is -3.28. The van der Waals surface area contributed by atoms with Crippen molar-refractivity contribution < 1.29 is 12.8 Å². The molecule has 0 amide bonds. The lowest BCUT2D eigenvalue weighted by Gasteiger charge is -2.50. The summed E-state index contributed by atoms with van der Waals surface area (Å²) in [6.07, 6.45) is 9.82. The molecule has 198 valence electrons. The normalized spacial score (nSPS) is 24.4. The van der Waals surface area contributed by atoms with Gasteiger partial charge in [-0.3, -0.25) is 4.90 Å². The number of aromatic nitrogens is 2. The molecule has 0 spiro atoms. The maximum Gasteiger partial charge on any atom is 0.175 e. The number of rotatable bonds is 5. The number of imidazole rings is 1. The molecule has 3 aliphatic rings. The van der Waals surface area contributed by atoms with Crippen molar-refractivity contribution >= 4 is 20.9 Å². The lowest BCUT2D eigenvalue weighted by Crippen LogP contribution is -2.54. The average Bonchev–Trinajstić information content (AvgIpc) is 3.20. The van der Waals surface area contributed by atoms with E-state index in [2.05, 4.69) is 16.3 Å². The third-order valence-electron chi connectivity index (χ3n) is 9.12. The summed E-state index contributed by atoms with van der Waals surface area (Å²) in [5.41, 5.74) is 3.00. The third-order valence-corrected chi connectivity index (χ3v) is 10.2. The SMILES string of the molecule is Cn1c(-c2ccc(S(C)(=O)=O)cc2)nc2cc(C3CCN(C4CCNCC4)[C@@H](C4CCC4)C3)cc(F)c21. The number of nitrogens with zero attached hydrogens (tertiary/aromatic N) is 3. The van der Waals surface area contributed by atoms with Crippen LogP contribution in [0.2, 0.25) is 0 Å². The van der Waals surface area contributed by atoms with Crippen LogP contribution in [0.15, 0.2) is 41.3 Å².